The number of hydrogen-bond acceptors (Lipinski definition) is 4. The fraction of sp³-hybridized carbons (Fsp3) is 0.400. The molecule has 0 radical (unpaired) electrons. The molecular weight excluding hydrogens is 332 g/mol. The van der Waals surface area contributed by atoms with E-state index in [0.29, 0.717) is 6.61 Å². The molecule has 0 saturated carbocycles. The van der Waals surface area contributed by atoms with Gasteiger partial charge in [-0.2, -0.15) is 0 Å². The Bertz CT molecular complexity index is 693. The number of nitrogens with zero attached hydrogens (tertiary/aromatic N) is 2. The molecule has 0 spiro atoms. The lowest BCUT2D eigenvalue weighted by Gasteiger charge is -2.35. The molecule has 1 aromatic carbocycles. The predicted octanol–water partition coefficient (Wildman–Crippen LogP) is 5.06. The largest absolute Gasteiger partial charge is 0.445 e. The van der Waals surface area contributed by atoms with Gasteiger partial charge in [0.2, 0.25) is 0 Å². The zero-order valence-corrected chi connectivity index (χ0v) is 15.4. The van der Waals surface area contributed by atoms with Gasteiger partial charge < -0.3 is 9.64 Å². The lowest BCUT2D eigenvalue weighted by Crippen LogP contribution is -2.39. The van der Waals surface area contributed by atoms with Crippen LogP contribution in [0.4, 0.5) is 4.79 Å². The molecule has 1 aliphatic rings. The molecule has 1 aromatic heterocycles. The van der Waals surface area contributed by atoms with Gasteiger partial charge in [0.15, 0.2) is 0 Å². The Kier molecular flexibility index (Phi) is 6.34. The molecule has 2 aromatic rings. The highest BCUT2D eigenvalue weighted by Crippen LogP contribution is 2.35. The Labute approximate surface area is 153 Å². The van der Waals surface area contributed by atoms with E-state index >= 15 is 0 Å². The second-order valence-corrected chi connectivity index (χ2v) is 7.33. The molecule has 0 aliphatic carbocycles. The lowest BCUT2D eigenvalue weighted by molar-refractivity contribution is 0.0672. The molecule has 132 valence electrons. The number of benzene rings is 1. The molecule has 25 heavy (non-hydrogen) atoms. The predicted molar refractivity (Wildman–Crippen MR) is 101 cm³/mol. The second-order valence-electron chi connectivity index (χ2n) is 6.08. The number of hydrogen-bond donors (Lipinski definition) is 0. The smallest absolute Gasteiger partial charge is 0.410 e. The third-order valence-electron chi connectivity index (χ3n) is 4.38. The van der Waals surface area contributed by atoms with E-state index in [4.69, 9.17) is 4.74 Å². The van der Waals surface area contributed by atoms with Gasteiger partial charge in [0.1, 0.15) is 11.6 Å². The van der Waals surface area contributed by atoms with E-state index in [1.165, 1.54) is 0 Å². The Morgan fingerprint density at radius 3 is 2.88 bits per heavy atom. The molecule has 0 bridgehead atoms. The minimum Gasteiger partial charge on any atom is -0.445 e. The topological polar surface area (TPSA) is 42.4 Å². The molecule has 0 unspecified atom stereocenters. The molecule has 1 saturated heterocycles. The summed E-state index contributed by atoms with van der Waals surface area (Å²) in [5, 5.41) is 1.03. The maximum Gasteiger partial charge on any atom is 0.410 e. The summed E-state index contributed by atoms with van der Waals surface area (Å²) in [6.45, 7) is 3.17. The first-order chi connectivity index (χ1) is 12.3. The highest BCUT2D eigenvalue weighted by Gasteiger charge is 2.30. The minimum absolute atomic E-state index is 0.0553. The van der Waals surface area contributed by atoms with Crippen LogP contribution >= 0.6 is 11.8 Å². The Hall–Kier alpha value is -2.01. The van der Waals surface area contributed by atoms with Gasteiger partial charge in [-0.25, -0.2) is 9.78 Å². The molecule has 0 N–H and O–H groups in total. The van der Waals surface area contributed by atoms with Crippen molar-refractivity contribution in [1.29, 1.82) is 0 Å². The third-order valence-corrected chi connectivity index (χ3v) is 5.29. The van der Waals surface area contributed by atoms with Gasteiger partial charge >= 0.3 is 6.09 Å². The van der Waals surface area contributed by atoms with Crippen molar-refractivity contribution >= 4 is 17.9 Å². The minimum atomic E-state index is -0.232. The van der Waals surface area contributed by atoms with Crippen LogP contribution in [-0.4, -0.2) is 28.3 Å². The van der Waals surface area contributed by atoms with Crippen LogP contribution in [0.2, 0.25) is 0 Å². The summed E-state index contributed by atoms with van der Waals surface area (Å²) in [4.78, 5) is 19.1. The summed E-state index contributed by atoms with van der Waals surface area (Å²) in [6.07, 6.45) is 4.70. The standard InChI is InChI=1S/C20H24N2O2S/c1-2-25-19-17(11-8-13-21-19)18-12-6-7-14-22(18)20(23)24-15-16-9-4-3-5-10-16/h3-5,8-11,13,18H,2,6-7,12,14-15H2,1H3/t18-/m1/s1. The highest BCUT2D eigenvalue weighted by atomic mass is 32.2. The monoisotopic (exact) mass is 356 g/mol. The van der Waals surface area contributed by atoms with Crippen LogP contribution in [0.15, 0.2) is 53.7 Å². The number of likely N-dealkylation sites (tertiary alicyclic amines) is 1. The van der Waals surface area contributed by atoms with Gasteiger partial charge in [-0.3, -0.25) is 0 Å². The van der Waals surface area contributed by atoms with Gasteiger partial charge in [-0.05, 0) is 36.6 Å². The number of aromatic nitrogens is 1. The van der Waals surface area contributed by atoms with Gasteiger partial charge in [0.25, 0.3) is 0 Å². The first-order valence-corrected chi connectivity index (χ1v) is 9.83. The molecule has 5 heteroatoms. The zero-order chi connectivity index (χ0) is 17.5. The number of rotatable bonds is 5. The maximum absolute atomic E-state index is 12.7. The van der Waals surface area contributed by atoms with Crippen LogP contribution in [-0.2, 0) is 11.3 Å². The normalized spacial score (nSPS) is 17.3. The molecule has 2 heterocycles. The molecule has 1 aliphatic heterocycles. The van der Waals surface area contributed by atoms with Crippen LogP contribution in [0, 0.1) is 0 Å². The van der Waals surface area contributed by atoms with Crippen LogP contribution in [0.1, 0.15) is 43.4 Å². The Balaban J connectivity index is 1.73. The molecule has 4 nitrogen and oxygen atoms in total. The van der Waals surface area contributed by atoms with Gasteiger partial charge in [0, 0.05) is 18.3 Å². The molecular formula is C20H24N2O2S. The average Bonchev–Trinajstić information content (AvgIpc) is 2.68. The van der Waals surface area contributed by atoms with Crippen molar-refractivity contribution in [2.45, 2.75) is 43.9 Å². The molecule has 3 rings (SSSR count). The van der Waals surface area contributed by atoms with Gasteiger partial charge in [-0.15, -0.1) is 11.8 Å². The average molecular weight is 356 g/mol. The first kappa shape index (κ1) is 17.8. The van der Waals surface area contributed by atoms with Gasteiger partial charge in [-0.1, -0.05) is 43.3 Å². The first-order valence-electron chi connectivity index (χ1n) is 8.84. The van der Waals surface area contributed by atoms with E-state index in [-0.39, 0.29) is 12.1 Å². The number of carbonyl (C=O) groups is 1. The fourth-order valence-corrected chi connectivity index (χ4v) is 3.97. The van der Waals surface area contributed by atoms with Crippen molar-refractivity contribution in [2.75, 3.05) is 12.3 Å². The third kappa shape index (κ3) is 4.54. The maximum atomic E-state index is 12.7. The van der Waals surface area contributed by atoms with Crippen molar-refractivity contribution in [3.05, 3.63) is 59.8 Å². The van der Waals surface area contributed by atoms with Crippen molar-refractivity contribution in [2.24, 2.45) is 0 Å². The Morgan fingerprint density at radius 1 is 1.24 bits per heavy atom. The van der Waals surface area contributed by atoms with Gasteiger partial charge in [0.05, 0.1) is 6.04 Å². The van der Waals surface area contributed by atoms with E-state index in [1.54, 1.807) is 11.8 Å². The number of carbonyl (C=O) groups excluding carboxylic acids is 1. The van der Waals surface area contributed by atoms with E-state index in [9.17, 15) is 4.79 Å². The highest BCUT2D eigenvalue weighted by molar-refractivity contribution is 7.99. The summed E-state index contributed by atoms with van der Waals surface area (Å²) in [5.41, 5.74) is 2.15. The van der Waals surface area contributed by atoms with Crippen molar-refractivity contribution < 1.29 is 9.53 Å². The summed E-state index contributed by atoms with van der Waals surface area (Å²) in [6, 6.07) is 13.9. The SMILES string of the molecule is CCSc1ncccc1[C@H]1CCCCN1C(=O)OCc1ccccc1. The lowest BCUT2D eigenvalue weighted by atomic mass is 9.97. The van der Waals surface area contributed by atoms with Crippen molar-refractivity contribution in [1.82, 2.24) is 9.88 Å². The Morgan fingerprint density at radius 2 is 2.08 bits per heavy atom. The van der Waals surface area contributed by atoms with E-state index in [2.05, 4.69) is 18.0 Å². The van der Waals surface area contributed by atoms with E-state index in [1.807, 2.05) is 47.5 Å². The van der Waals surface area contributed by atoms with Crippen LogP contribution in [0.3, 0.4) is 0 Å². The van der Waals surface area contributed by atoms with Crippen molar-refractivity contribution in [3.63, 3.8) is 0 Å². The fourth-order valence-electron chi connectivity index (χ4n) is 3.19. The van der Waals surface area contributed by atoms with Crippen LogP contribution < -0.4 is 0 Å². The zero-order valence-electron chi connectivity index (χ0n) is 14.6. The second kappa shape index (κ2) is 8.90. The summed E-state index contributed by atoms with van der Waals surface area (Å²) >= 11 is 1.73. The number of thioether (sulfide) groups is 1. The molecule has 1 atom stereocenters. The summed E-state index contributed by atoms with van der Waals surface area (Å²) in [5.74, 6) is 0.967. The van der Waals surface area contributed by atoms with Crippen LogP contribution in [0.25, 0.3) is 0 Å². The van der Waals surface area contributed by atoms with Crippen LogP contribution in [0.5, 0.6) is 0 Å². The van der Waals surface area contributed by atoms with E-state index in [0.717, 1.165) is 47.7 Å². The summed E-state index contributed by atoms with van der Waals surface area (Å²) < 4.78 is 5.58. The molecule has 1 amide bonds. The summed E-state index contributed by atoms with van der Waals surface area (Å²) in [7, 11) is 0. The molecule has 1 fully saturated rings. The van der Waals surface area contributed by atoms with Crippen molar-refractivity contribution in [3.8, 4) is 0 Å². The number of pyridine rings is 1. The number of piperidine rings is 1. The quantitative estimate of drug-likeness (QED) is 0.703. The van der Waals surface area contributed by atoms with E-state index < -0.39 is 0 Å². The number of amides is 1. The number of ether oxygens (including phenoxy) is 1.